The van der Waals surface area contributed by atoms with Crippen molar-refractivity contribution >= 4 is 27.7 Å². The summed E-state index contributed by atoms with van der Waals surface area (Å²) in [6.07, 6.45) is 2.75. The van der Waals surface area contributed by atoms with Gasteiger partial charge in [-0.15, -0.1) is 0 Å². The third-order valence-electron chi connectivity index (χ3n) is 4.82. The Hall–Kier alpha value is -2.75. The van der Waals surface area contributed by atoms with Crippen LogP contribution in [0.4, 0.5) is 10.1 Å². The first-order valence-corrected chi connectivity index (χ1v) is 10.8. The van der Waals surface area contributed by atoms with Crippen LogP contribution in [0.1, 0.15) is 5.56 Å². The molecule has 1 aliphatic rings. The van der Waals surface area contributed by atoms with Crippen LogP contribution in [-0.2, 0) is 14.8 Å². The lowest BCUT2D eigenvalue weighted by Gasteiger charge is -2.31. The standard InChI is InChI=1S/C21H24FN3O4S/c1-24-11-13-25(14-12-24)30(27,28)18-7-5-17(6-8-18)23-21(26)10-4-16-3-9-20(29-2)19(22)15-16/h3-10,15H,11-14H2,1-2H3,(H,23,26)/b10-4+. The summed E-state index contributed by atoms with van der Waals surface area (Å²) in [6, 6.07) is 10.4. The molecule has 0 aliphatic carbocycles. The van der Waals surface area contributed by atoms with Gasteiger partial charge < -0.3 is 15.0 Å². The summed E-state index contributed by atoms with van der Waals surface area (Å²) in [4.78, 5) is 14.4. The maximum absolute atomic E-state index is 13.7. The van der Waals surface area contributed by atoms with Gasteiger partial charge in [-0.1, -0.05) is 6.07 Å². The number of amides is 1. The van der Waals surface area contributed by atoms with Gasteiger partial charge in [-0.05, 0) is 55.1 Å². The quantitative estimate of drug-likeness (QED) is 0.708. The number of anilines is 1. The van der Waals surface area contributed by atoms with Crippen LogP contribution >= 0.6 is 0 Å². The van der Waals surface area contributed by atoms with Crippen LogP contribution in [0.5, 0.6) is 5.75 Å². The van der Waals surface area contributed by atoms with Crippen molar-refractivity contribution in [3.63, 3.8) is 0 Å². The third-order valence-corrected chi connectivity index (χ3v) is 6.74. The van der Waals surface area contributed by atoms with Gasteiger partial charge in [0.25, 0.3) is 0 Å². The van der Waals surface area contributed by atoms with E-state index < -0.39 is 21.7 Å². The summed E-state index contributed by atoms with van der Waals surface area (Å²) in [7, 11) is -0.215. The van der Waals surface area contributed by atoms with Crippen molar-refractivity contribution in [3.05, 3.63) is 59.9 Å². The number of methoxy groups -OCH3 is 1. The van der Waals surface area contributed by atoms with E-state index in [1.165, 1.54) is 47.8 Å². The molecule has 0 saturated carbocycles. The molecule has 0 atom stereocenters. The van der Waals surface area contributed by atoms with E-state index in [1.807, 2.05) is 7.05 Å². The molecule has 1 amide bonds. The zero-order valence-corrected chi connectivity index (χ0v) is 17.7. The molecule has 1 N–H and O–H groups in total. The summed E-state index contributed by atoms with van der Waals surface area (Å²) in [5.41, 5.74) is 0.972. The fraction of sp³-hybridized carbons (Fsp3) is 0.286. The second-order valence-corrected chi connectivity index (χ2v) is 8.89. The largest absolute Gasteiger partial charge is 0.494 e. The Labute approximate surface area is 175 Å². The van der Waals surface area contributed by atoms with Crippen LogP contribution in [0.3, 0.4) is 0 Å². The van der Waals surface area contributed by atoms with E-state index in [-0.39, 0.29) is 10.6 Å². The van der Waals surface area contributed by atoms with Crippen molar-refractivity contribution in [1.82, 2.24) is 9.21 Å². The summed E-state index contributed by atoms with van der Waals surface area (Å²) < 4.78 is 45.5. The molecule has 1 fully saturated rings. The fourth-order valence-electron chi connectivity index (χ4n) is 3.03. The molecule has 3 rings (SSSR count). The summed E-state index contributed by atoms with van der Waals surface area (Å²) in [5, 5.41) is 2.65. The van der Waals surface area contributed by atoms with Crippen LogP contribution in [0.25, 0.3) is 6.08 Å². The lowest BCUT2D eigenvalue weighted by molar-refractivity contribution is -0.111. The minimum Gasteiger partial charge on any atom is -0.494 e. The van der Waals surface area contributed by atoms with E-state index >= 15 is 0 Å². The Morgan fingerprint density at radius 3 is 2.37 bits per heavy atom. The van der Waals surface area contributed by atoms with Gasteiger partial charge in [0, 0.05) is 37.9 Å². The highest BCUT2D eigenvalue weighted by Gasteiger charge is 2.27. The Bertz CT molecular complexity index is 1030. The minimum atomic E-state index is -3.55. The average Bonchev–Trinajstić information content (AvgIpc) is 2.73. The van der Waals surface area contributed by atoms with E-state index in [0.717, 1.165) is 0 Å². The van der Waals surface area contributed by atoms with E-state index in [2.05, 4.69) is 10.2 Å². The molecule has 160 valence electrons. The van der Waals surface area contributed by atoms with Crippen LogP contribution in [0, 0.1) is 5.82 Å². The molecule has 7 nitrogen and oxygen atoms in total. The first-order chi connectivity index (χ1) is 14.3. The molecule has 0 radical (unpaired) electrons. The van der Waals surface area contributed by atoms with Gasteiger partial charge in [0.15, 0.2) is 11.6 Å². The van der Waals surface area contributed by atoms with Crippen molar-refractivity contribution in [2.24, 2.45) is 0 Å². The number of ether oxygens (including phenoxy) is 1. The van der Waals surface area contributed by atoms with Gasteiger partial charge in [0.05, 0.1) is 12.0 Å². The molecule has 0 aromatic heterocycles. The number of hydrogen-bond acceptors (Lipinski definition) is 5. The molecule has 2 aromatic rings. The van der Waals surface area contributed by atoms with Gasteiger partial charge in [-0.3, -0.25) is 4.79 Å². The van der Waals surface area contributed by atoms with Gasteiger partial charge in [-0.2, -0.15) is 4.31 Å². The Morgan fingerprint density at radius 1 is 1.10 bits per heavy atom. The molecule has 0 bridgehead atoms. The molecule has 1 saturated heterocycles. The molecule has 0 unspecified atom stereocenters. The average molecular weight is 434 g/mol. The van der Waals surface area contributed by atoms with Crippen molar-refractivity contribution in [3.8, 4) is 5.75 Å². The zero-order chi connectivity index (χ0) is 21.7. The van der Waals surface area contributed by atoms with Crippen molar-refractivity contribution in [2.45, 2.75) is 4.90 Å². The number of piperazine rings is 1. The van der Waals surface area contributed by atoms with E-state index in [4.69, 9.17) is 4.74 Å². The summed E-state index contributed by atoms with van der Waals surface area (Å²) in [6.45, 7) is 2.29. The molecule has 2 aromatic carbocycles. The topological polar surface area (TPSA) is 78.9 Å². The molecular weight excluding hydrogens is 409 g/mol. The van der Waals surface area contributed by atoms with Crippen molar-refractivity contribution in [2.75, 3.05) is 45.7 Å². The van der Waals surface area contributed by atoms with Gasteiger partial charge in [0.2, 0.25) is 15.9 Å². The highest BCUT2D eigenvalue weighted by atomic mass is 32.2. The predicted octanol–water partition coefficient (Wildman–Crippen LogP) is 2.42. The van der Waals surface area contributed by atoms with Crippen LogP contribution in [0.2, 0.25) is 0 Å². The molecule has 30 heavy (non-hydrogen) atoms. The molecule has 1 heterocycles. The van der Waals surface area contributed by atoms with Crippen LogP contribution in [-0.4, -0.2) is 63.9 Å². The lowest BCUT2D eigenvalue weighted by atomic mass is 10.2. The van der Waals surface area contributed by atoms with Crippen LogP contribution < -0.4 is 10.1 Å². The lowest BCUT2D eigenvalue weighted by Crippen LogP contribution is -2.46. The number of nitrogens with zero attached hydrogens (tertiary/aromatic N) is 2. The molecule has 0 spiro atoms. The summed E-state index contributed by atoms with van der Waals surface area (Å²) in [5.74, 6) is -0.804. The first-order valence-electron chi connectivity index (χ1n) is 9.41. The van der Waals surface area contributed by atoms with Gasteiger partial charge in [-0.25, -0.2) is 12.8 Å². The molecular formula is C21H24FN3O4S. The van der Waals surface area contributed by atoms with Crippen molar-refractivity contribution < 1.29 is 22.3 Å². The van der Waals surface area contributed by atoms with Gasteiger partial charge >= 0.3 is 0 Å². The highest BCUT2D eigenvalue weighted by Crippen LogP contribution is 2.20. The van der Waals surface area contributed by atoms with Crippen molar-refractivity contribution in [1.29, 1.82) is 0 Å². The Kier molecular flexibility index (Phi) is 6.86. The highest BCUT2D eigenvalue weighted by molar-refractivity contribution is 7.89. The second kappa shape index (κ2) is 9.38. The maximum atomic E-state index is 13.7. The Morgan fingerprint density at radius 2 is 1.77 bits per heavy atom. The predicted molar refractivity (Wildman–Crippen MR) is 113 cm³/mol. The number of nitrogens with one attached hydrogen (secondary N) is 1. The van der Waals surface area contributed by atoms with Gasteiger partial charge in [0.1, 0.15) is 0 Å². The molecule has 9 heteroatoms. The fourth-order valence-corrected chi connectivity index (χ4v) is 4.45. The van der Waals surface area contributed by atoms with Crippen LogP contribution in [0.15, 0.2) is 53.4 Å². The smallest absolute Gasteiger partial charge is 0.248 e. The molecule has 1 aliphatic heterocycles. The maximum Gasteiger partial charge on any atom is 0.248 e. The summed E-state index contributed by atoms with van der Waals surface area (Å²) >= 11 is 0. The zero-order valence-electron chi connectivity index (χ0n) is 16.8. The number of sulfonamides is 1. The van der Waals surface area contributed by atoms with E-state index in [9.17, 15) is 17.6 Å². The minimum absolute atomic E-state index is 0.128. The van der Waals surface area contributed by atoms with E-state index in [1.54, 1.807) is 18.2 Å². The Balaban J connectivity index is 1.62. The monoisotopic (exact) mass is 433 g/mol. The SMILES string of the molecule is COc1ccc(/C=C/C(=O)Nc2ccc(S(=O)(=O)N3CCN(C)CC3)cc2)cc1F. The number of hydrogen-bond donors (Lipinski definition) is 1. The van der Waals surface area contributed by atoms with E-state index in [0.29, 0.717) is 37.4 Å². The number of rotatable bonds is 6. The second-order valence-electron chi connectivity index (χ2n) is 6.95. The third kappa shape index (κ3) is 5.24. The number of halogens is 1. The number of carbonyl (C=O) groups excluding carboxylic acids is 1. The number of likely N-dealkylation sites (N-methyl/N-ethyl adjacent to an activating group) is 1. The first kappa shape index (κ1) is 21.9. The normalized spacial score (nSPS) is 16.0. The number of carbonyl (C=O) groups is 1. The number of benzene rings is 2.